The summed E-state index contributed by atoms with van der Waals surface area (Å²) in [6.07, 6.45) is 1.44. The van der Waals surface area contributed by atoms with E-state index in [1.807, 2.05) is 12.1 Å². The Balaban J connectivity index is 1.45. The number of anilines is 1. The normalized spacial score (nSPS) is 21.3. The van der Waals surface area contributed by atoms with Gasteiger partial charge in [-0.25, -0.2) is 0 Å². The number of carbonyl (C=O) groups is 3. The molecule has 24 heavy (non-hydrogen) atoms. The second-order valence-corrected chi connectivity index (χ2v) is 6.78. The fraction of sp³-hybridized carbons (Fsp3) is 0.500. The van der Waals surface area contributed by atoms with Gasteiger partial charge in [-0.05, 0) is 30.2 Å². The summed E-state index contributed by atoms with van der Waals surface area (Å²) in [5, 5.41) is 2.81. The number of ether oxygens (including phenoxy) is 2. The predicted octanol–water partition coefficient (Wildman–Crippen LogP) is 2.11. The van der Waals surface area contributed by atoms with Gasteiger partial charge >= 0.3 is 5.97 Å². The minimum Gasteiger partial charge on any atom is -0.490 e. The SMILES string of the molecule is CC1(C)C(=O)CC1C(=O)OCCOc1ccc2c(c1)CCC(=O)N2. The number of rotatable bonds is 5. The maximum absolute atomic E-state index is 11.9. The number of amides is 1. The van der Waals surface area contributed by atoms with Crippen LogP contribution in [0.3, 0.4) is 0 Å². The number of hydrogen-bond acceptors (Lipinski definition) is 5. The summed E-state index contributed by atoms with van der Waals surface area (Å²) >= 11 is 0. The van der Waals surface area contributed by atoms with Crippen molar-refractivity contribution < 1.29 is 23.9 Å². The minimum absolute atomic E-state index is 0.0282. The Morgan fingerprint density at radius 1 is 1.25 bits per heavy atom. The quantitative estimate of drug-likeness (QED) is 0.660. The molecule has 2 aliphatic rings. The second kappa shape index (κ2) is 6.26. The van der Waals surface area contributed by atoms with E-state index in [0.29, 0.717) is 18.6 Å². The van der Waals surface area contributed by atoms with Crippen molar-refractivity contribution >= 4 is 23.3 Å². The third kappa shape index (κ3) is 3.13. The summed E-state index contributed by atoms with van der Waals surface area (Å²) in [7, 11) is 0. The first-order chi connectivity index (χ1) is 11.4. The van der Waals surface area contributed by atoms with E-state index in [9.17, 15) is 14.4 Å². The third-order valence-corrected chi connectivity index (χ3v) is 4.83. The molecule has 1 atom stereocenters. The Bertz CT molecular complexity index is 695. The number of fused-ring (bicyclic) bond motifs is 1. The van der Waals surface area contributed by atoms with E-state index >= 15 is 0 Å². The van der Waals surface area contributed by atoms with Gasteiger partial charge in [0.2, 0.25) is 5.91 Å². The molecule has 0 radical (unpaired) electrons. The Morgan fingerprint density at radius 2 is 2.04 bits per heavy atom. The molecule has 0 spiro atoms. The number of carbonyl (C=O) groups excluding carboxylic acids is 3. The molecule has 1 aromatic carbocycles. The molecule has 1 saturated carbocycles. The number of hydrogen-bond donors (Lipinski definition) is 1. The van der Waals surface area contributed by atoms with Gasteiger partial charge in [0, 0.05) is 23.9 Å². The topological polar surface area (TPSA) is 81.7 Å². The third-order valence-electron chi connectivity index (χ3n) is 4.83. The zero-order valence-electron chi connectivity index (χ0n) is 13.9. The summed E-state index contributed by atoms with van der Waals surface area (Å²) in [5.74, 6) is 0.121. The van der Waals surface area contributed by atoms with Gasteiger partial charge in [-0.1, -0.05) is 13.8 Å². The molecule has 3 rings (SSSR count). The highest BCUT2D eigenvalue weighted by Gasteiger charge is 2.52. The molecule has 1 amide bonds. The van der Waals surface area contributed by atoms with Gasteiger partial charge < -0.3 is 14.8 Å². The van der Waals surface area contributed by atoms with Gasteiger partial charge in [0.15, 0.2) is 0 Å². The number of aryl methyl sites for hydroxylation is 1. The van der Waals surface area contributed by atoms with Gasteiger partial charge in [0.25, 0.3) is 0 Å². The van der Waals surface area contributed by atoms with E-state index in [-0.39, 0.29) is 43.2 Å². The first kappa shape index (κ1) is 16.5. The van der Waals surface area contributed by atoms with Gasteiger partial charge in [0.1, 0.15) is 24.7 Å². The zero-order chi connectivity index (χ0) is 17.3. The largest absolute Gasteiger partial charge is 0.490 e. The van der Waals surface area contributed by atoms with E-state index < -0.39 is 5.41 Å². The van der Waals surface area contributed by atoms with Crippen LogP contribution in [0.5, 0.6) is 5.75 Å². The van der Waals surface area contributed by atoms with Crippen molar-refractivity contribution in [2.45, 2.75) is 33.1 Å². The number of benzene rings is 1. The van der Waals surface area contributed by atoms with E-state index in [1.54, 1.807) is 19.9 Å². The molecule has 1 aromatic rings. The van der Waals surface area contributed by atoms with E-state index in [2.05, 4.69) is 5.32 Å². The highest BCUT2D eigenvalue weighted by molar-refractivity contribution is 5.99. The van der Waals surface area contributed by atoms with Crippen molar-refractivity contribution in [2.24, 2.45) is 11.3 Å². The van der Waals surface area contributed by atoms with Gasteiger partial charge in [0.05, 0.1) is 5.92 Å². The van der Waals surface area contributed by atoms with Crippen LogP contribution >= 0.6 is 0 Å². The van der Waals surface area contributed by atoms with Crippen molar-refractivity contribution in [1.82, 2.24) is 0 Å². The molecule has 1 unspecified atom stereocenters. The van der Waals surface area contributed by atoms with Crippen LogP contribution in [-0.4, -0.2) is 30.9 Å². The molecule has 128 valence electrons. The Labute approximate surface area is 140 Å². The predicted molar refractivity (Wildman–Crippen MR) is 86.7 cm³/mol. The fourth-order valence-electron chi connectivity index (χ4n) is 3.00. The van der Waals surface area contributed by atoms with Gasteiger partial charge in [-0.3, -0.25) is 14.4 Å². The van der Waals surface area contributed by atoms with Crippen molar-refractivity contribution in [3.05, 3.63) is 23.8 Å². The lowest BCUT2D eigenvalue weighted by atomic mass is 9.61. The average Bonchev–Trinajstić information content (AvgIpc) is 2.56. The standard InChI is InChI=1S/C18H21NO5/c1-18(2)13(10-15(18)20)17(22)24-8-7-23-12-4-5-14-11(9-12)3-6-16(21)19-14/h4-5,9,13H,3,6-8,10H2,1-2H3,(H,19,21). The zero-order valence-corrected chi connectivity index (χ0v) is 13.9. The first-order valence-electron chi connectivity index (χ1n) is 8.13. The Kier molecular flexibility index (Phi) is 4.30. The molecular weight excluding hydrogens is 310 g/mol. The Morgan fingerprint density at radius 3 is 2.75 bits per heavy atom. The second-order valence-electron chi connectivity index (χ2n) is 6.78. The van der Waals surface area contributed by atoms with Crippen LogP contribution in [0.1, 0.15) is 32.3 Å². The molecule has 1 N–H and O–H groups in total. The first-order valence-corrected chi connectivity index (χ1v) is 8.13. The molecule has 6 nitrogen and oxygen atoms in total. The summed E-state index contributed by atoms with van der Waals surface area (Å²) in [4.78, 5) is 34.7. The number of esters is 1. The van der Waals surface area contributed by atoms with Crippen molar-refractivity contribution in [1.29, 1.82) is 0 Å². The molecule has 0 bridgehead atoms. The van der Waals surface area contributed by atoms with Gasteiger partial charge in [-0.15, -0.1) is 0 Å². The molecule has 1 aliphatic heterocycles. The smallest absolute Gasteiger partial charge is 0.310 e. The van der Waals surface area contributed by atoms with Crippen molar-refractivity contribution in [3.63, 3.8) is 0 Å². The lowest BCUT2D eigenvalue weighted by Gasteiger charge is -2.40. The van der Waals surface area contributed by atoms with Crippen molar-refractivity contribution in [3.8, 4) is 5.75 Å². The molecule has 0 aromatic heterocycles. The molecular formula is C18H21NO5. The van der Waals surface area contributed by atoms with Crippen LogP contribution in [0.15, 0.2) is 18.2 Å². The number of nitrogens with one attached hydrogen (secondary N) is 1. The summed E-state index contributed by atoms with van der Waals surface area (Å²) in [6, 6.07) is 5.49. The van der Waals surface area contributed by atoms with Crippen molar-refractivity contribution in [2.75, 3.05) is 18.5 Å². The molecule has 1 heterocycles. The number of ketones is 1. The van der Waals surface area contributed by atoms with Gasteiger partial charge in [-0.2, -0.15) is 0 Å². The average molecular weight is 331 g/mol. The van der Waals surface area contributed by atoms with Crippen LogP contribution in [-0.2, 0) is 25.5 Å². The fourth-order valence-corrected chi connectivity index (χ4v) is 3.00. The van der Waals surface area contributed by atoms with Crippen LogP contribution in [0.2, 0.25) is 0 Å². The van der Waals surface area contributed by atoms with E-state index in [1.165, 1.54) is 0 Å². The Hall–Kier alpha value is -2.37. The highest BCUT2D eigenvalue weighted by Crippen LogP contribution is 2.43. The highest BCUT2D eigenvalue weighted by atomic mass is 16.6. The maximum Gasteiger partial charge on any atom is 0.310 e. The molecule has 0 saturated heterocycles. The van der Waals surface area contributed by atoms with E-state index in [0.717, 1.165) is 11.3 Å². The molecule has 1 fully saturated rings. The van der Waals surface area contributed by atoms with Crippen LogP contribution < -0.4 is 10.1 Å². The minimum atomic E-state index is -0.610. The summed E-state index contributed by atoms with van der Waals surface area (Å²) in [6.45, 7) is 3.94. The number of Topliss-reactive ketones (excluding diaryl/α,β-unsaturated/α-hetero) is 1. The monoisotopic (exact) mass is 331 g/mol. The van der Waals surface area contributed by atoms with Crippen LogP contribution in [0, 0.1) is 11.3 Å². The maximum atomic E-state index is 11.9. The van der Waals surface area contributed by atoms with Crippen LogP contribution in [0.4, 0.5) is 5.69 Å². The summed E-state index contributed by atoms with van der Waals surface area (Å²) in [5.41, 5.74) is 1.25. The lowest BCUT2D eigenvalue weighted by molar-refractivity contribution is -0.167. The van der Waals surface area contributed by atoms with Crippen LogP contribution in [0.25, 0.3) is 0 Å². The molecule has 6 heteroatoms. The summed E-state index contributed by atoms with van der Waals surface area (Å²) < 4.78 is 10.8. The lowest BCUT2D eigenvalue weighted by Crippen LogP contribution is -2.50. The molecule has 1 aliphatic carbocycles. The van der Waals surface area contributed by atoms with E-state index in [4.69, 9.17) is 9.47 Å².